The van der Waals surface area contributed by atoms with Gasteiger partial charge in [-0.3, -0.25) is 9.48 Å². The van der Waals surface area contributed by atoms with Crippen LogP contribution in [0, 0.1) is 12.0 Å². The third-order valence-electron chi connectivity index (χ3n) is 1.47. The number of hydrogen-bond acceptors (Lipinski definition) is 2. The van der Waals surface area contributed by atoms with Gasteiger partial charge in [-0.25, -0.2) is 0 Å². The maximum absolute atomic E-state index is 11.1. The molecule has 3 heteroatoms. The van der Waals surface area contributed by atoms with Crippen molar-refractivity contribution < 1.29 is 4.79 Å². The Morgan fingerprint density at radius 3 is 2.91 bits per heavy atom. The topological polar surface area (TPSA) is 34.9 Å². The standard InChI is InChI=1S/C8H11N2O/c1-7(2)8(11)6-10-5-3-4-9-10/h4-5,7H,6H2,1-2H3. The molecule has 0 aliphatic rings. The first-order chi connectivity index (χ1) is 5.20. The van der Waals surface area contributed by atoms with Gasteiger partial charge < -0.3 is 0 Å². The second-order valence-corrected chi connectivity index (χ2v) is 2.76. The predicted octanol–water partition coefficient (Wildman–Crippen LogP) is 0.908. The maximum Gasteiger partial charge on any atom is 0.156 e. The van der Waals surface area contributed by atoms with E-state index in [0.717, 1.165) is 0 Å². The molecule has 1 radical (unpaired) electrons. The molecule has 1 aromatic heterocycles. The van der Waals surface area contributed by atoms with Gasteiger partial charge in [-0.2, -0.15) is 5.10 Å². The lowest BCUT2D eigenvalue weighted by Crippen LogP contribution is -2.15. The number of ketones is 1. The summed E-state index contributed by atoms with van der Waals surface area (Å²) in [6.07, 6.45) is 3.22. The molecular weight excluding hydrogens is 140 g/mol. The highest BCUT2D eigenvalue weighted by Crippen LogP contribution is 1.96. The number of carbonyl (C=O) groups is 1. The van der Waals surface area contributed by atoms with Crippen molar-refractivity contribution in [3.63, 3.8) is 0 Å². The molecule has 1 rings (SSSR count). The van der Waals surface area contributed by atoms with Crippen LogP contribution in [0.25, 0.3) is 0 Å². The van der Waals surface area contributed by atoms with E-state index in [9.17, 15) is 4.79 Å². The zero-order valence-corrected chi connectivity index (χ0v) is 6.74. The van der Waals surface area contributed by atoms with Gasteiger partial charge in [0, 0.05) is 18.2 Å². The van der Waals surface area contributed by atoms with Crippen LogP contribution in [0.2, 0.25) is 0 Å². The van der Waals surface area contributed by atoms with Gasteiger partial charge in [-0.1, -0.05) is 13.8 Å². The van der Waals surface area contributed by atoms with Crippen molar-refractivity contribution in [1.82, 2.24) is 9.78 Å². The summed E-state index contributed by atoms with van der Waals surface area (Å²) in [7, 11) is 0. The molecule has 11 heavy (non-hydrogen) atoms. The molecule has 0 fully saturated rings. The number of rotatable bonds is 3. The summed E-state index contributed by atoms with van der Waals surface area (Å²) in [6, 6.07) is 2.77. The van der Waals surface area contributed by atoms with Crippen molar-refractivity contribution in [3.8, 4) is 0 Å². The van der Waals surface area contributed by atoms with E-state index in [-0.39, 0.29) is 11.7 Å². The van der Waals surface area contributed by atoms with E-state index in [1.165, 1.54) is 0 Å². The molecule has 1 heterocycles. The van der Waals surface area contributed by atoms with Gasteiger partial charge in [-0.15, -0.1) is 0 Å². The Kier molecular flexibility index (Phi) is 2.41. The second kappa shape index (κ2) is 3.32. The zero-order chi connectivity index (χ0) is 8.27. The molecule has 0 spiro atoms. The zero-order valence-electron chi connectivity index (χ0n) is 6.74. The van der Waals surface area contributed by atoms with Crippen LogP contribution in [0.15, 0.2) is 12.4 Å². The summed E-state index contributed by atoms with van der Waals surface area (Å²) in [5.74, 6) is 0.279. The smallest absolute Gasteiger partial charge is 0.156 e. The molecular formula is C8H11N2O. The van der Waals surface area contributed by atoms with Crippen LogP contribution in [-0.4, -0.2) is 15.6 Å². The first-order valence-electron chi connectivity index (χ1n) is 3.61. The highest BCUT2D eigenvalue weighted by Gasteiger charge is 2.06. The van der Waals surface area contributed by atoms with Crippen molar-refractivity contribution in [3.05, 3.63) is 18.5 Å². The van der Waals surface area contributed by atoms with E-state index in [2.05, 4.69) is 11.2 Å². The van der Waals surface area contributed by atoms with Crippen LogP contribution >= 0.6 is 0 Å². The molecule has 0 unspecified atom stereocenters. The fourth-order valence-electron chi connectivity index (χ4n) is 0.689. The van der Waals surface area contributed by atoms with Crippen molar-refractivity contribution in [2.45, 2.75) is 20.4 Å². The van der Waals surface area contributed by atoms with Gasteiger partial charge in [0.15, 0.2) is 5.78 Å². The normalized spacial score (nSPS) is 10.5. The monoisotopic (exact) mass is 151 g/mol. The second-order valence-electron chi connectivity index (χ2n) is 2.76. The molecule has 59 valence electrons. The van der Waals surface area contributed by atoms with Crippen molar-refractivity contribution >= 4 is 5.78 Å². The van der Waals surface area contributed by atoms with E-state index < -0.39 is 0 Å². The number of nitrogens with zero attached hydrogens (tertiary/aromatic N) is 2. The molecule has 0 bridgehead atoms. The lowest BCUT2D eigenvalue weighted by molar-refractivity contribution is -0.122. The minimum atomic E-state index is 0.0826. The van der Waals surface area contributed by atoms with Crippen molar-refractivity contribution in [1.29, 1.82) is 0 Å². The minimum Gasteiger partial charge on any atom is -0.297 e. The Bertz CT molecular complexity index is 226. The maximum atomic E-state index is 11.1. The van der Waals surface area contributed by atoms with E-state index in [0.29, 0.717) is 6.54 Å². The summed E-state index contributed by atoms with van der Waals surface area (Å²) in [4.78, 5) is 11.1. The van der Waals surface area contributed by atoms with Crippen molar-refractivity contribution in [2.75, 3.05) is 0 Å². The van der Waals surface area contributed by atoms with Crippen LogP contribution in [0.5, 0.6) is 0 Å². The molecule has 0 saturated heterocycles. The first kappa shape index (κ1) is 7.98. The van der Waals surface area contributed by atoms with Gasteiger partial charge in [0.25, 0.3) is 0 Å². The molecule has 0 aromatic carbocycles. The first-order valence-corrected chi connectivity index (χ1v) is 3.61. The average molecular weight is 151 g/mol. The largest absolute Gasteiger partial charge is 0.297 e. The highest BCUT2D eigenvalue weighted by atomic mass is 16.1. The van der Waals surface area contributed by atoms with Crippen LogP contribution in [0.4, 0.5) is 0 Å². The summed E-state index contributed by atoms with van der Waals surface area (Å²) >= 11 is 0. The molecule has 1 aromatic rings. The Morgan fingerprint density at radius 1 is 1.73 bits per heavy atom. The quantitative estimate of drug-likeness (QED) is 0.643. The lowest BCUT2D eigenvalue weighted by Gasteiger charge is -2.02. The van der Waals surface area contributed by atoms with E-state index >= 15 is 0 Å². The molecule has 0 aliphatic carbocycles. The van der Waals surface area contributed by atoms with Gasteiger partial charge in [-0.05, 0) is 0 Å². The Balaban J connectivity index is 2.50. The van der Waals surface area contributed by atoms with Crippen LogP contribution < -0.4 is 0 Å². The predicted molar refractivity (Wildman–Crippen MR) is 40.9 cm³/mol. The number of hydrogen-bond donors (Lipinski definition) is 0. The van der Waals surface area contributed by atoms with Crippen molar-refractivity contribution in [2.24, 2.45) is 5.92 Å². The van der Waals surface area contributed by atoms with E-state index in [1.54, 1.807) is 17.1 Å². The summed E-state index contributed by atoms with van der Waals surface area (Å²) < 4.78 is 1.59. The van der Waals surface area contributed by atoms with Gasteiger partial charge >= 0.3 is 0 Å². The molecule has 0 amide bonds. The average Bonchev–Trinajstić information content (AvgIpc) is 2.39. The minimum absolute atomic E-state index is 0.0826. The van der Waals surface area contributed by atoms with E-state index in [4.69, 9.17) is 0 Å². The Morgan fingerprint density at radius 2 is 2.45 bits per heavy atom. The molecule has 0 N–H and O–H groups in total. The number of aromatic nitrogens is 2. The Hall–Kier alpha value is -1.12. The Labute approximate surface area is 66.0 Å². The third kappa shape index (κ3) is 2.18. The fourth-order valence-corrected chi connectivity index (χ4v) is 0.689. The summed E-state index contributed by atoms with van der Waals surface area (Å²) in [5, 5.41) is 3.88. The third-order valence-corrected chi connectivity index (χ3v) is 1.47. The SMILES string of the molecule is CC(C)C(=O)Cn1c[c]cn1. The van der Waals surface area contributed by atoms with Gasteiger partial charge in [0.2, 0.25) is 0 Å². The molecule has 3 nitrogen and oxygen atoms in total. The van der Waals surface area contributed by atoms with Crippen LogP contribution in [-0.2, 0) is 11.3 Å². The molecule has 0 aliphatic heterocycles. The fraction of sp³-hybridized carbons (Fsp3) is 0.500. The van der Waals surface area contributed by atoms with Crippen LogP contribution in [0.3, 0.4) is 0 Å². The summed E-state index contributed by atoms with van der Waals surface area (Å²) in [5.41, 5.74) is 0. The highest BCUT2D eigenvalue weighted by molar-refractivity contribution is 5.79. The molecule has 0 saturated carbocycles. The lowest BCUT2D eigenvalue weighted by atomic mass is 10.1. The number of carbonyl (C=O) groups excluding carboxylic acids is 1. The molecule has 0 atom stereocenters. The number of Topliss-reactive ketones (excluding diaryl/α,β-unsaturated/α-hetero) is 1. The van der Waals surface area contributed by atoms with Gasteiger partial charge in [0.05, 0.1) is 12.7 Å². The van der Waals surface area contributed by atoms with Crippen LogP contribution in [0.1, 0.15) is 13.8 Å². The van der Waals surface area contributed by atoms with Gasteiger partial charge in [0.1, 0.15) is 0 Å². The van der Waals surface area contributed by atoms with E-state index in [1.807, 2.05) is 13.8 Å². The summed E-state index contributed by atoms with van der Waals surface area (Å²) in [6.45, 7) is 4.13.